The quantitative estimate of drug-likeness (QED) is 0.744. The minimum absolute atomic E-state index is 0.0256. The van der Waals surface area contributed by atoms with E-state index in [1.54, 1.807) is 6.20 Å². The van der Waals surface area contributed by atoms with E-state index in [2.05, 4.69) is 23.7 Å². The highest BCUT2D eigenvalue weighted by molar-refractivity contribution is 5.97. The summed E-state index contributed by atoms with van der Waals surface area (Å²) in [6.07, 6.45) is 4.44. The number of nitrogens with zero attached hydrogens (tertiary/aromatic N) is 4. The van der Waals surface area contributed by atoms with E-state index in [1.807, 2.05) is 47.2 Å². The molecule has 2 spiro atoms. The molecule has 3 saturated heterocycles. The largest absolute Gasteiger partial charge is 0.345 e. The number of rotatable bonds is 3. The minimum atomic E-state index is -0.281. The Labute approximate surface area is 190 Å². The number of likely N-dealkylation sites (tertiary alicyclic amines) is 3. The van der Waals surface area contributed by atoms with E-state index in [1.165, 1.54) is 0 Å². The number of aromatic nitrogens is 1. The first-order valence-corrected chi connectivity index (χ1v) is 12.0. The minimum Gasteiger partial charge on any atom is -0.345 e. The second-order valence-corrected chi connectivity index (χ2v) is 10.6. The first kappa shape index (κ1) is 21.4. The second-order valence-electron chi connectivity index (χ2n) is 10.6. The first-order valence-electron chi connectivity index (χ1n) is 12.0. The van der Waals surface area contributed by atoms with Crippen molar-refractivity contribution in [3.63, 3.8) is 0 Å². The molecule has 2 amide bonds. The van der Waals surface area contributed by atoms with Crippen molar-refractivity contribution in [2.45, 2.75) is 33.1 Å². The van der Waals surface area contributed by atoms with Crippen molar-refractivity contribution in [2.24, 2.45) is 16.7 Å². The number of amides is 2. The van der Waals surface area contributed by atoms with Crippen molar-refractivity contribution in [1.82, 2.24) is 19.7 Å². The molecule has 3 aliphatic rings. The van der Waals surface area contributed by atoms with Crippen LogP contribution in [0.15, 0.2) is 36.5 Å². The highest BCUT2D eigenvalue weighted by atomic mass is 16.2. The number of pyridine rings is 1. The summed E-state index contributed by atoms with van der Waals surface area (Å²) >= 11 is 0. The molecule has 0 radical (unpaired) electrons. The summed E-state index contributed by atoms with van der Waals surface area (Å²) in [7, 11) is 1.95. The Morgan fingerprint density at radius 1 is 1.09 bits per heavy atom. The molecule has 170 valence electrons. The maximum absolute atomic E-state index is 13.4. The number of para-hydroxylation sites is 1. The standard InChI is InChI=1S/C26H34N4O2/c1-19(2)16-29-17-25(26(18-29)10-11-28(3)24(26)32)8-12-30(13-9-25)23(31)21-14-20-6-4-5-7-22(20)27-15-21/h4-7,14-15,19H,8-13,16-18H2,1-3H3/t26-/m0/s1. The van der Waals surface area contributed by atoms with Crippen LogP contribution in [-0.4, -0.2) is 77.8 Å². The van der Waals surface area contributed by atoms with Crippen molar-refractivity contribution < 1.29 is 9.59 Å². The first-order chi connectivity index (χ1) is 15.3. The summed E-state index contributed by atoms with van der Waals surface area (Å²) in [4.78, 5) is 37.6. The molecular formula is C26H34N4O2. The van der Waals surface area contributed by atoms with Crippen LogP contribution in [0.5, 0.6) is 0 Å². The Balaban J connectivity index is 1.36. The van der Waals surface area contributed by atoms with Gasteiger partial charge >= 0.3 is 0 Å². The van der Waals surface area contributed by atoms with Gasteiger partial charge in [-0.15, -0.1) is 0 Å². The van der Waals surface area contributed by atoms with E-state index < -0.39 is 0 Å². The predicted octanol–water partition coefficient (Wildman–Crippen LogP) is 3.28. The Morgan fingerprint density at radius 2 is 1.84 bits per heavy atom. The maximum Gasteiger partial charge on any atom is 0.255 e. The van der Waals surface area contributed by atoms with Crippen LogP contribution in [0.3, 0.4) is 0 Å². The van der Waals surface area contributed by atoms with Crippen LogP contribution in [0.1, 0.15) is 43.5 Å². The second kappa shape index (κ2) is 7.84. The van der Waals surface area contributed by atoms with Gasteiger partial charge in [0.05, 0.1) is 16.5 Å². The van der Waals surface area contributed by atoms with E-state index in [4.69, 9.17) is 0 Å². The van der Waals surface area contributed by atoms with Gasteiger partial charge < -0.3 is 14.7 Å². The molecule has 6 nitrogen and oxygen atoms in total. The van der Waals surface area contributed by atoms with E-state index in [0.29, 0.717) is 30.5 Å². The molecular weight excluding hydrogens is 400 g/mol. The summed E-state index contributed by atoms with van der Waals surface area (Å²) in [6.45, 7) is 9.65. The fourth-order valence-electron chi connectivity index (χ4n) is 6.55. The molecule has 32 heavy (non-hydrogen) atoms. The number of benzene rings is 1. The van der Waals surface area contributed by atoms with Crippen molar-refractivity contribution in [1.29, 1.82) is 0 Å². The Bertz CT molecular complexity index is 1040. The molecule has 3 fully saturated rings. The van der Waals surface area contributed by atoms with Gasteiger partial charge in [-0.25, -0.2) is 0 Å². The van der Waals surface area contributed by atoms with Crippen LogP contribution in [0.25, 0.3) is 10.9 Å². The normalized spacial score (nSPS) is 25.7. The number of piperidine rings is 1. The molecule has 2 aromatic rings. The number of hydrogen-bond acceptors (Lipinski definition) is 4. The molecule has 1 atom stereocenters. The van der Waals surface area contributed by atoms with Crippen LogP contribution in [0, 0.1) is 16.7 Å². The van der Waals surface area contributed by atoms with Gasteiger partial charge in [0.2, 0.25) is 5.91 Å². The van der Waals surface area contributed by atoms with Gasteiger partial charge in [-0.2, -0.15) is 0 Å². The van der Waals surface area contributed by atoms with Crippen LogP contribution in [-0.2, 0) is 4.79 Å². The number of hydrogen-bond donors (Lipinski definition) is 0. The van der Waals surface area contributed by atoms with Gasteiger partial charge in [0.25, 0.3) is 5.91 Å². The van der Waals surface area contributed by atoms with Crippen molar-refractivity contribution in [3.05, 3.63) is 42.1 Å². The van der Waals surface area contributed by atoms with Crippen molar-refractivity contribution in [2.75, 3.05) is 46.3 Å². The molecule has 0 bridgehead atoms. The fraction of sp³-hybridized carbons (Fsp3) is 0.577. The van der Waals surface area contributed by atoms with Gasteiger partial charge in [0.1, 0.15) is 0 Å². The third-order valence-corrected chi connectivity index (χ3v) is 8.13. The Hall–Kier alpha value is -2.47. The molecule has 5 rings (SSSR count). The van der Waals surface area contributed by atoms with Gasteiger partial charge in [0.15, 0.2) is 0 Å². The Kier molecular flexibility index (Phi) is 5.24. The molecule has 3 aliphatic heterocycles. The Morgan fingerprint density at radius 3 is 2.53 bits per heavy atom. The number of carbonyl (C=O) groups is 2. The van der Waals surface area contributed by atoms with Crippen molar-refractivity contribution in [3.8, 4) is 0 Å². The van der Waals surface area contributed by atoms with E-state index in [-0.39, 0.29) is 16.7 Å². The smallest absolute Gasteiger partial charge is 0.255 e. The molecule has 1 aromatic heterocycles. The van der Waals surface area contributed by atoms with Crippen molar-refractivity contribution >= 4 is 22.7 Å². The average Bonchev–Trinajstić information content (AvgIpc) is 3.24. The topological polar surface area (TPSA) is 56.8 Å². The third kappa shape index (κ3) is 3.31. The maximum atomic E-state index is 13.4. The lowest BCUT2D eigenvalue weighted by Gasteiger charge is -2.47. The summed E-state index contributed by atoms with van der Waals surface area (Å²) in [5.74, 6) is 0.958. The average molecular weight is 435 g/mol. The van der Waals surface area contributed by atoms with Crippen LogP contribution in [0.2, 0.25) is 0 Å². The van der Waals surface area contributed by atoms with Gasteiger partial charge in [-0.05, 0) is 37.3 Å². The molecule has 4 heterocycles. The predicted molar refractivity (Wildman–Crippen MR) is 125 cm³/mol. The summed E-state index contributed by atoms with van der Waals surface area (Å²) in [6, 6.07) is 9.85. The van der Waals surface area contributed by atoms with E-state index >= 15 is 0 Å². The lowest BCUT2D eigenvalue weighted by Crippen LogP contribution is -2.53. The summed E-state index contributed by atoms with van der Waals surface area (Å²) in [5.41, 5.74) is 1.25. The highest BCUT2D eigenvalue weighted by Gasteiger charge is 2.64. The van der Waals surface area contributed by atoms with E-state index in [9.17, 15) is 9.59 Å². The lowest BCUT2D eigenvalue weighted by molar-refractivity contribution is -0.141. The fourth-order valence-corrected chi connectivity index (χ4v) is 6.55. The van der Waals surface area contributed by atoms with E-state index in [0.717, 1.165) is 56.3 Å². The number of carbonyl (C=O) groups excluding carboxylic acids is 2. The molecule has 0 N–H and O–H groups in total. The van der Waals surface area contributed by atoms with Crippen LogP contribution >= 0.6 is 0 Å². The molecule has 1 aromatic carbocycles. The van der Waals surface area contributed by atoms with Crippen LogP contribution in [0.4, 0.5) is 0 Å². The molecule has 0 unspecified atom stereocenters. The zero-order chi connectivity index (χ0) is 22.5. The zero-order valence-corrected chi connectivity index (χ0v) is 19.5. The molecule has 0 saturated carbocycles. The monoisotopic (exact) mass is 434 g/mol. The zero-order valence-electron chi connectivity index (χ0n) is 19.5. The summed E-state index contributed by atoms with van der Waals surface area (Å²) < 4.78 is 0. The number of fused-ring (bicyclic) bond motifs is 2. The molecule has 0 aliphatic carbocycles. The third-order valence-electron chi connectivity index (χ3n) is 8.13. The lowest BCUT2D eigenvalue weighted by atomic mass is 9.60. The SMILES string of the molecule is CC(C)CN1CC2(CCN(C(=O)c3cnc4ccccc4c3)CC2)[C@@]2(CCN(C)C2=O)C1. The highest BCUT2D eigenvalue weighted by Crippen LogP contribution is 2.57. The van der Waals surface area contributed by atoms with Gasteiger partial charge in [-0.3, -0.25) is 14.6 Å². The van der Waals surface area contributed by atoms with Gasteiger partial charge in [0, 0.05) is 63.3 Å². The molecule has 6 heteroatoms. The van der Waals surface area contributed by atoms with Gasteiger partial charge in [-0.1, -0.05) is 32.0 Å². The summed E-state index contributed by atoms with van der Waals surface area (Å²) in [5, 5.41) is 0.991. The van der Waals surface area contributed by atoms with Crippen LogP contribution < -0.4 is 0 Å².